The zero-order valence-corrected chi connectivity index (χ0v) is 15.0. The highest BCUT2D eigenvalue weighted by Gasteiger charge is 2.25. The Labute approximate surface area is 146 Å². The molecule has 0 radical (unpaired) electrons. The molecular formula is C16H13IN2O2S. The molecule has 1 saturated heterocycles. The highest BCUT2D eigenvalue weighted by atomic mass is 127. The summed E-state index contributed by atoms with van der Waals surface area (Å²) in [6, 6.07) is 10.3. The van der Waals surface area contributed by atoms with E-state index >= 15 is 0 Å². The van der Waals surface area contributed by atoms with Gasteiger partial charge >= 0.3 is 0 Å². The maximum absolute atomic E-state index is 11.7. The van der Waals surface area contributed by atoms with Gasteiger partial charge in [0, 0.05) is 20.6 Å². The number of nitrogens with zero attached hydrogens (tertiary/aromatic N) is 1. The Morgan fingerprint density at radius 1 is 1.18 bits per heavy atom. The molecule has 6 heteroatoms. The van der Waals surface area contributed by atoms with Gasteiger partial charge in [-0.25, -0.2) is 0 Å². The number of hydrogen-bond donors (Lipinski definition) is 1. The Hall–Kier alpha value is -1.54. The number of benzene rings is 1. The minimum atomic E-state index is -0.325. The highest BCUT2D eigenvalue weighted by molar-refractivity contribution is 14.1. The molecule has 1 fully saturated rings. The van der Waals surface area contributed by atoms with Crippen LogP contribution in [0.2, 0.25) is 0 Å². The summed E-state index contributed by atoms with van der Waals surface area (Å²) in [5.41, 5.74) is 4.15. The van der Waals surface area contributed by atoms with Gasteiger partial charge in [-0.05, 0) is 90.2 Å². The summed E-state index contributed by atoms with van der Waals surface area (Å²) in [5.74, 6) is -0.325. The van der Waals surface area contributed by atoms with Crippen molar-refractivity contribution in [1.29, 1.82) is 0 Å². The molecule has 0 atom stereocenters. The number of hydrogen-bond acceptors (Lipinski definition) is 3. The SMILES string of the molecule is Cc1cc(/C=C2\SC(=O)NC2=O)c(C)n1-c1ccc(I)cc1. The number of carbonyl (C=O) groups excluding carboxylic acids is 2. The molecule has 0 aliphatic carbocycles. The van der Waals surface area contributed by atoms with Crippen molar-refractivity contribution in [3.63, 3.8) is 0 Å². The number of thioether (sulfide) groups is 1. The molecule has 2 amide bonds. The predicted octanol–water partition coefficient (Wildman–Crippen LogP) is 4.02. The van der Waals surface area contributed by atoms with E-state index in [1.807, 2.05) is 19.9 Å². The predicted molar refractivity (Wildman–Crippen MR) is 97.1 cm³/mol. The first kappa shape index (κ1) is 15.4. The lowest BCUT2D eigenvalue weighted by atomic mass is 10.2. The van der Waals surface area contributed by atoms with Crippen molar-refractivity contribution in [3.05, 3.63) is 55.8 Å². The fraction of sp³-hybridized carbons (Fsp3) is 0.125. The third-order valence-electron chi connectivity index (χ3n) is 3.48. The summed E-state index contributed by atoms with van der Waals surface area (Å²) in [6.45, 7) is 4.04. The lowest BCUT2D eigenvalue weighted by molar-refractivity contribution is -0.115. The van der Waals surface area contributed by atoms with Crippen molar-refractivity contribution in [2.45, 2.75) is 13.8 Å². The number of rotatable bonds is 2. The van der Waals surface area contributed by atoms with Crippen molar-refractivity contribution in [3.8, 4) is 5.69 Å². The molecule has 0 unspecified atom stereocenters. The molecule has 1 aliphatic rings. The Kier molecular flexibility index (Phi) is 4.14. The first-order valence-corrected chi connectivity index (χ1v) is 8.55. The molecule has 4 nitrogen and oxygen atoms in total. The van der Waals surface area contributed by atoms with Gasteiger partial charge in [0.05, 0.1) is 4.91 Å². The zero-order valence-electron chi connectivity index (χ0n) is 12.0. The van der Waals surface area contributed by atoms with E-state index in [2.05, 4.69) is 56.7 Å². The molecule has 3 rings (SSSR count). The van der Waals surface area contributed by atoms with Gasteiger partial charge in [0.2, 0.25) is 0 Å². The Balaban J connectivity index is 2.04. The third-order valence-corrected chi connectivity index (χ3v) is 5.01. The van der Waals surface area contributed by atoms with E-state index in [0.29, 0.717) is 4.91 Å². The van der Waals surface area contributed by atoms with E-state index in [1.165, 1.54) is 3.57 Å². The van der Waals surface area contributed by atoms with Gasteiger partial charge in [0.15, 0.2) is 0 Å². The molecule has 1 N–H and O–H groups in total. The van der Waals surface area contributed by atoms with Crippen LogP contribution in [0.3, 0.4) is 0 Å². The molecule has 0 bridgehead atoms. The number of imide groups is 1. The molecule has 2 heterocycles. The quantitative estimate of drug-likeness (QED) is 0.586. The van der Waals surface area contributed by atoms with E-state index < -0.39 is 0 Å². The summed E-state index contributed by atoms with van der Waals surface area (Å²) >= 11 is 3.22. The molecule has 2 aromatic rings. The Morgan fingerprint density at radius 2 is 1.86 bits per heavy atom. The van der Waals surface area contributed by atoms with E-state index in [-0.39, 0.29) is 11.1 Å². The Bertz CT molecular complexity index is 806. The van der Waals surface area contributed by atoms with Crippen LogP contribution < -0.4 is 5.32 Å². The number of nitrogens with one attached hydrogen (secondary N) is 1. The maximum Gasteiger partial charge on any atom is 0.290 e. The van der Waals surface area contributed by atoms with Crippen LogP contribution in [0, 0.1) is 17.4 Å². The first-order chi connectivity index (χ1) is 10.5. The third kappa shape index (κ3) is 2.85. The van der Waals surface area contributed by atoms with Crippen molar-refractivity contribution in [2.24, 2.45) is 0 Å². The van der Waals surface area contributed by atoms with Gasteiger partial charge < -0.3 is 4.57 Å². The van der Waals surface area contributed by atoms with E-state index in [0.717, 1.165) is 34.4 Å². The molecule has 0 saturated carbocycles. The van der Waals surface area contributed by atoms with Crippen LogP contribution in [-0.2, 0) is 4.79 Å². The largest absolute Gasteiger partial charge is 0.318 e. The van der Waals surface area contributed by atoms with Gasteiger partial charge in [-0.2, -0.15) is 0 Å². The Morgan fingerprint density at radius 3 is 2.45 bits per heavy atom. The summed E-state index contributed by atoms with van der Waals surface area (Å²) in [6.07, 6.45) is 1.77. The highest BCUT2D eigenvalue weighted by Crippen LogP contribution is 2.29. The van der Waals surface area contributed by atoms with Crippen LogP contribution in [-0.4, -0.2) is 15.7 Å². The van der Waals surface area contributed by atoms with Crippen LogP contribution in [0.5, 0.6) is 0 Å². The fourth-order valence-corrected chi connectivity index (χ4v) is 3.52. The van der Waals surface area contributed by atoms with Crippen molar-refractivity contribution < 1.29 is 9.59 Å². The molecule has 1 aromatic carbocycles. The van der Waals surface area contributed by atoms with Gasteiger partial charge in [-0.15, -0.1) is 0 Å². The number of amides is 2. The molecule has 1 aliphatic heterocycles. The lowest BCUT2D eigenvalue weighted by Gasteiger charge is -2.09. The second kappa shape index (κ2) is 5.92. The monoisotopic (exact) mass is 424 g/mol. The van der Waals surface area contributed by atoms with Gasteiger partial charge in [-0.3, -0.25) is 14.9 Å². The second-order valence-corrected chi connectivity index (χ2v) is 7.25. The first-order valence-electron chi connectivity index (χ1n) is 6.65. The zero-order chi connectivity index (χ0) is 15.9. The average Bonchev–Trinajstić information content (AvgIpc) is 2.92. The smallest absolute Gasteiger partial charge is 0.290 e. The summed E-state index contributed by atoms with van der Waals surface area (Å²) in [4.78, 5) is 23.4. The van der Waals surface area contributed by atoms with Crippen LogP contribution in [0.25, 0.3) is 11.8 Å². The molecule has 1 aromatic heterocycles. The molecule has 0 spiro atoms. The van der Waals surface area contributed by atoms with E-state index in [1.54, 1.807) is 6.08 Å². The van der Waals surface area contributed by atoms with Crippen LogP contribution >= 0.6 is 34.4 Å². The minimum absolute atomic E-state index is 0.317. The normalized spacial score (nSPS) is 16.4. The second-order valence-electron chi connectivity index (χ2n) is 4.99. The van der Waals surface area contributed by atoms with Crippen LogP contribution in [0.4, 0.5) is 4.79 Å². The number of aryl methyl sites for hydroxylation is 1. The standard InChI is InChI=1S/C16H13IN2O2S/c1-9-7-11(8-14-15(20)18-16(21)22-14)10(2)19(9)13-5-3-12(17)4-6-13/h3-8H,1-2H3,(H,18,20,21)/b14-8-. The van der Waals surface area contributed by atoms with Crippen molar-refractivity contribution in [1.82, 2.24) is 9.88 Å². The van der Waals surface area contributed by atoms with Crippen molar-refractivity contribution >= 4 is 51.6 Å². The van der Waals surface area contributed by atoms with Crippen molar-refractivity contribution in [2.75, 3.05) is 0 Å². The van der Waals surface area contributed by atoms with Gasteiger partial charge in [-0.1, -0.05) is 0 Å². The number of halogens is 1. The molecule has 112 valence electrons. The van der Waals surface area contributed by atoms with Gasteiger partial charge in [0.1, 0.15) is 0 Å². The summed E-state index contributed by atoms with van der Waals surface area (Å²) in [7, 11) is 0. The summed E-state index contributed by atoms with van der Waals surface area (Å²) in [5, 5.41) is 1.96. The number of aromatic nitrogens is 1. The molecule has 22 heavy (non-hydrogen) atoms. The lowest BCUT2D eigenvalue weighted by Crippen LogP contribution is -2.17. The fourth-order valence-electron chi connectivity index (χ4n) is 2.48. The van der Waals surface area contributed by atoms with Crippen LogP contribution in [0.15, 0.2) is 35.2 Å². The van der Waals surface area contributed by atoms with E-state index in [4.69, 9.17) is 0 Å². The number of carbonyl (C=O) groups is 2. The molecular weight excluding hydrogens is 411 g/mol. The van der Waals surface area contributed by atoms with E-state index in [9.17, 15) is 9.59 Å². The van der Waals surface area contributed by atoms with Crippen LogP contribution in [0.1, 0.15) is 17.0 Å². The minimum Gasteiger partial charge on any atom is -0.318 e. The maximum atomic E-state index is 11.7. The topological polar surface area (TPSA) is 51.1 Å². The average molecular weight is 424 g/mol. The summed E-state index contributed by atoms with van der Waals surface area (Å²) < 4.78 is 3.32. The van der Waals surface area contributed by atoms with Gasteiger partial charge in [0.25, 0.3) is 11.1 Å².